The molecule has 0 aliphatic rings. The van der Waals surface area contributed by atoms with Crippen molar-refractivity contribution in [1.82, 2.24) is 0 Å². The first-order chi connectivity index (χ1) is 9.92. The van der Waals surface area contributed by atoms with Crippen molar-refractivity contribution in [1.29, 1.82) is 0 Å². The van der Waals surface area contributed by atoms with Crippen LogP contribution in [0, 0.1) is 13.8 Å². The van der Waals surface area contributed by atoms with E-state index in [-0.39, 0.29) is 0 Å². The Morgan fingerprint density at radius 3 is 2.43 bits per heavy atom. The maximum Gasteiger partial charge on any atom is 0.122 e. The Morgan fingerprint density at radius 2 is 1.81 bits per heavy atom. The molecular formula is C17H18Cl2O2. The molecule has 2 aromatic carbocycles. The summed E-state index contributed by atoms with van der Waals surface area (Å²) < 4.78 is 5.29. The summed E-state index contributed by atoms with van der Waals surface area (Å²) in [5.74, 6) is 0.827. The van der Waals surface area contributed by atoms with Gasteiger partial charge in [-0.3, -0.25) is 0 Å². The van der Waals surface area contributed by atoms with Crippen molar-refractivity contribution in [3.8, 4) is 5.75 Å². The molecule has 0 spiro atoms. The number of ether oxygens (including phenoxy) is 1. The highest BCUT2D eigenvalue weighted by Crippen LogP contribution is 2.30. The van der Waals surface area contributed by atoms with Crippen LogP contribution in [0.25, 0.3) is 0 Å². The largest absolute Gasteiger partial charge is 0.496 e. The molecule has 0 bridgehead atoms. The van der Waals surface area contributed by atoms with Gasteiger partial charge in [0.15, 0.2) is 0 Å². The van der Waals surface area contributed by atoms with Crippen molar-refractivity contribution in [2.24, 2.45) is 0 Å². The van der Waals surface area contributed by atoms with Crippen molar-refractivity contribution in [2.75, 3.05) is 7.11 Å². The van der Waals surface area contributed by atoms with Gasteiger partial charge >= 0.3 is 0 Å². The van der Waals surface area contributed by atoms with E-state index in [0.717, 1.165) is 28.0 Å². The highest BCUT2D eigenvalue weighted by molar-refractivity contribution is 6.35. The van der Waals surface area contributed by atoms with Crippen LogP contribution >= 0.6 is 23.2 Å². The number of aryl methyl sites for hydroxylation is 2. The third-order valence-corrected chi connectivity index (χ3v) is 4.16. The smallest absolute Gasteiger partial charge is 0.122 e. The predicted molar refractivity (Wildman–Crippen MR) is 87.6 cm³/mol. The van der Waals surface area contributed by atoms with E-state index in [2.05, 4.69) is 0 Å². The molecule has 0 saturated carbocycles. The zero-order valence-electron chi connectivity index (χ0n) is 12.3. The molecule has 1 N–H and O–H groups in total. The third-order valence-electron chi connectivity index (χ3n) is 3.57. The summed E-state index contributed by atoms with van der Waals surface area (Å²) in [6.45, 7) is 3.92. The summed E-state index contributed by atoms with van der Waals surface area (Å²) in [4.78, 5) is 0. The van der Waals surface area contributed by atoms with E-state index < -0.39 is 6.10 Å². The second-order valence-electron chi connectivity index (χ2n) is 5.13. The predicted octanol–water partition coefficient (Wildman–Crippen LogP) is 4.89. The number of hydrogen-bond donors (Lipinski definition) is 1. The molecule has 0 amide bonds. The molecule has 1 atom stereocenters. The number of halogens is 2. The maximum atomic E-state index is 10.5. The molecule has 1 unspecified atom stereocenters. The zero-order chi connectivity index (χ0) is 15.6. The van der Waals surface area contributed by atoms with Gasteiger partial charge in [0, 0.05) is 16.5 Å². The van der Waals surface area contributed by atoms with E-state index in [0.29, 0.717) is 16.5 Å². The Labute approximate surface area is 135 Å². The van der Waals surface area contributed by atoms with Crippen LogP contribution in [0.3, 0.4) is 0 Å². The molecule has 0 saturated heterocycles. The Bertz CT molecular complexity index is 653. The van der Waals surface area contributed by atoms with Gasteiger partial charge < -0.3 is 9.84 Å². The van der Waals surface area contributed by atoms with Crippen molar-refractivity contribution in [3.05, 3.63) is 62.6 Å². The van der Waals surface area contributed by atoms with E-state index in [1.165, 1.54) is 0 Å². The maximum absolute atomic E-state index is 10.5. The van der Waals surface area contributed by atoms with Gasteiger partial charge in [0.1, 0.15) is 5.75 Å². The summed E-state index contributed by atoms with van der Waals surface area (Å²) in [6, 6.07) is 9.22. The molecule has 112 valence electrons. The summed E-state index contributed by atoms with van der Waals surface area (Å²) >= 11 is 12.1. The first kappa shape index (κ1) is 16.2. The van der Waals surface area contributed by atoms with Crippen LogP contribution in [-0.4, -0.2) is 12.2 Å². The molecular weight excluding hydrogens is 307 g/mol. The minimum atomic E-state index is -0.617. The van der Waals surface area contributed by atoms with Crippen molar-refractivity contribution >= 4 is 23.2 Å². The van der Waals surface area contributed by atoms with Gasteiger partial charge in [-0.1, -0.05) is 29.3 Å². The lowest BCUT2D eigenvalue weighted by Crippen LogP contribution is -2.05. The second-order valence-corrected chi connectivity index (χ2v) is 5.98. The summed E-state index contributed by atoms with van der Waals surface area (Å²) in [6.07, 6.45) is -0.170. The van der Waals surface area contributed by atoms with Crippen LogP contribution < -0.4 is 4.74 Å². The summed E-state index contributed by atoms with van der Waals surface area (Å²) in [5.41, 5.74) is 3.76. The number of hydrogen-bond acceptors (Lipinski definition) is 2. The number of aliphatic hydroxyl groups excluding tert-OH is 1. The normalized spacial score (nSPS) is 12.3. The molecule has 0 radical (unpaired) electrons. The fourth-order valence-electron chi connectivity index (χ4n) is 2.40. The number of aliphatic hydroxyl groups is 1. The number of rotatable bonds is 4. The van der Waals surface area contributed by atoms with Crippen LogP contribution in [0.15, 0.2) is 30.3 Å². The Morgan fingerprint density at radius 1 is 1.10 bits per heavy atom. The van der Waals surface area contributed by atoms with Gasteiger partial charge in [0.25, 0.3) is 0 Å². The van der Waals surface area contributed by atoms with Gasteiger partial charge in [0.2, 0.25) is 0 Å². The monoisotopic (exact) mass is 324 g/mol. The lowest BCUT2D eigenvalue weighted by Gasteiger charge is -2.17. The van der Waals surface area contributed by atoms with Crippen LogP contribution in [-0.2, 0) is 6.42 Å². The molecule has 0 aliphatic heterocycles. The van der Waals surface area contributed by atoms with Crippen molar-refractivity contribution < 1.29 is 9.84 Å². The molecule has 0 aromatic heterocycles. The molecule has 0 aliphatic carbocycles. The van der Waals surface area contributed by atoms with Crippen molar-refractivity contribution in [3.63, 3.8) is 0 Å². The highest BCUT2D eigenvalue weighted by atomic mass is 35.5. The molecule has 0 heterocycles. The first-order valence-electron chi connectivity index (χ1n) is 6.69. The first-order valence-corrected chi connectivity index (χ1v) is 7.45. The van der Waals surface area contributed by atoms with E-state index in [1.807, 2.05) is 32.0 Å². The van der Waals surface area contributed by atoms with Crippen molar-refractivity contribution in [2.45, 2.75) is 26.4 Å². The van der Waals surface area contributed by atoms with E-state index in [1.54, 1.807) is 19.2 Å². The minimum absolute atomic E-state index is 0.447. The Hall–Kier alpha value is -1.22. The molecule has 2 aromatic rings. The highest BCUT2D eigenvalue weighted by Gasteiger charge is 2.15. The second kappa shape index (κ2) is 6.69. The van der Waals surface area contributed by atoms with Gasteiger partial charge in [0.05, 0.1) is 13.2 Å². The van der Waals surface area contributed by atoms with Crippen LogP contribution in [0.5, 0.6) is 5.75 Å². The summed E-state index contributed by atoms with van der Waals surface area (Å²) in [5, 5.41) is 11.7. The van der Waals surface area contributed by atoms with Crippen LogP contribution in [0.1, 0.15) is 28.4 Å². The average Bonchev–Trinajstić information content (AvgIpc) is 2.43. The molecule has 4 heteroatoms. The van der Waals surface area contributed by atoms with E-state index in [9.17, 15) is 5.11 Å². The Balaban J connectivity index is 2.28. The standard InChI is InChI=1S/C17H18Cl2O2/c1-10-7-17(21-3)11(2)6-14(10)16(20)8-12-4-5-13(18)9-15(12)19/h4-7,9,16,20H,8H2,1-3H3. The fraction of sp³-hybridized carbons (Fsp3) is 0.294. The average molecular weight is 325 g/mol. The van der Waals surface area contributed by atoms with Crippen LogP contribution in [0.2, 0.25) is 10.0 Å². The third kappa shape index (κ3) is 3.70. The minimum Gasteiger partial charge on any atom is -0.496 e. The quantitative estimate of drug-likeness (QED) is 0.867. The van der Waals surface area contributed by atoms with Gasteiger partial charge in [-0.15, -0.1) is 0 Å². The van der Waals surface area contributed by atoms with Gasteiger partial charge in [-0.05, 0) is 60.4 Å². The fourth-order valence-corrected chi connectivity index (χ4v) is 2.88. The topological polar surface area (TPSA) is 29.5 Å². The van der Waals surface area contributed by atoms with E-state index >= 15 is 0 Å². The lowest BCUT2D eigenvalue weighted by molar-refractivity contribution is 0.177. The number of methoxy groups -OCH3 is 1. The van der Waals surface area contributed by atoms with Crippen LogP contribution in [0.4, 0.5) is 0 Å². The molecule has 2 rings (SSSR count). The molecule has 0 fully saturated rings. The number of benzene rings is 2. The Kier molecular flexibility index (Phi) is 5.15. The van der Waals surface area contributed by atoms with Gasteiger partial charge in [-0.25, -0.2) is 0 Å². The summed E-state index contributed by atoms with van der Waals surface area (Å²) in [7, 11) is 1.64. The molecule has 2 nitrogen and oxygen atoms in total. The molecule has 21 heavy (non-hydrogen) atoms. The lowest BCUT2D eigenvalue weighted by atomic mass is 9.95. The zero-order valence-corrected chi connectivity index (χ0v) is 13.8. The van der Waals surface area contributed by atoms with Gasteiger partial charge in [-0.2, -0.15) is 0 Å². The van der Waals surface area contributed by atoms with E-state index in [4.69, 9.17) is 27.9 Å². The SMILES string of the molecule is COc1cc(C)c(C(O)Cc2ccc(Cl)cc2Cl)cc1C.